The molecule has 0 amide bonds. The number of cyclic esters (lactones) is 1. The summed E-state index contributed by atoms with van der Waals surface area (Å²) in [5.41, 5.74) is -0.465. The number of ether oxygens (including phenoxy) is 1. The largest absolute Gasteiger partial charge is 0.420 e. The van der Waals surface area contributed by atoms with Gasteiger partial charge in [0.2, 0.25) is 0 Å². The first-order valence-corrected chi connectivity index (χ1v) is 4.64. The van der Waals surface area contributed by atoms with Crippen molar-refractivity contribution in [1.82, 2.24) is 0 Å². The second-order valence-corrected chi connectivity index (χ2v) is 3.30. The SMILES string of the molecule is N#CC(C#N)=C1OC(=O)c2ccc([N+](=O)[O-])cc21. The average molecular weight is 241 g/mol. The molecular weight excluding hydrogens is 238 g/mol. The minimum absolute atomic E-state index is 0.0901. The first-order chi connectivity index (χ1) is 8.58. The van der Waals surface area contributed by atoms with E-state index >= 15 is 0 Å². The number of allylic oxidation sites excluding steroid dienone is 1. The minimum atomic E-state index is -0.738. The molecule has 0 atom stereocenters. The molecule has 0 radical (unpaired) electrons. The molecule has 0 saturated carbocycles. The van der Waals surface area contributed by atoms with Crippen LogP contribution in [0.5, 0.6) is 0 Å². The summed E-state index contributed by atoms with van der Waals surface area (Å²) in [4.78, 5) is 21.4. The number of esters is 1. The Morgan fingerprint density at radius 3 is 2.50 bits per heavy atom. The van der Waals surface area contributed by atoms with Gasteiger partial charge in [-0.25, -0.2) is 4.79 Å². The average Bonchev–Trinajstić information content (AvgIpc) is 2.68. The van der Waals surface area contributed by atoms with Crippen LogP contribution in [0, 0.1) is 32.8 Å². The smallest absolute Gasteiger partial charge is 0.344 e. The van der Waals surface area contributed by atoms with Crippen LogP contribution in [0.3, 0.4) is 0 Å². The molecule has 1 aliphatic heterocycles. The molecule has 0 spiro atoms. The number of nitro groups is 1. The van der Waals surface area contributed by atoms with E-state index in [1.807, 2.05) is 0 Å². The summed E-state index contributed by atoms with van der Waals surface area (Å²) in [6, 6.07) is 6.64. The third-order valence-electron chi connectivity index (χ3n) is 2.32. The molecule has 0 unspecified atom stereocenters. The van der Waals surface area contributed by atoms with Crippen LogP contribution >= 0.6 is 0 Å². The van der Waals surface area contributed by atoms with Crippen LogP contribution in [0.4, 0.5) is 5.69 Å². The van der Waals surface area contributed by atoms with Crippen molar-refractivity contribution >= 4 is 17.4 Å². The first-order valence-electron chi connectivity index (χ1n) is 4.64. The van der Waals surface area contributed by atoms with E-state index in [-0.39, 0.29) is 22.6 Å². The lowest BCUT2D eigenvalue weighted by Crippen LogP contribution is -1.94. The predicted molar refractivity (Wildman–Crippen MR) is 56.7 cm³/mol. The number of hydrogen-bond donors (Lipinski definition) is 0. The number of nitriles is 2. The second-order valence-electron chi connectivity index (χ2n) is 3.30. The minimum Gasteiger partial charge on any atom is -0.420 e. The van der Waals surface area contributed by atoms with Crippen molar-refractivity contribution in [3.05, 3.63) is 45.0 Å². The number of carbonyl (C=O) groups is 1. The van der Waals surface area contributed by atoms with Crippen LogP contribution in [0.25, 0.3) is 5.76 Å². The zero-order valence-corrected chi connectivity index (χ0v) is 8.71. The van der Waals surface area contributed by atoms with E-state index < -0.39 is 16.5 Å². The summed E-state index contributed by atoms with van der Waals surface area (Å²) in [5, 5.41) is 28.1. The predicted octanol–water partition coefficient (Wildman–Crippen LogP) is 1.52. The maximum Gasteiger partial charge on any atom is 0.344 e. The number of rotatable bonds is 1. The highest BCUT2D eigenvalue weighted by Gasteiger charge is 2.31. The molecule has 0 fully saturated rings. The Kier molecular flexibility index (Phi) is 2.51. The molecule has 86 valence electrons. The van der Waals surface area contributed by atoms with Crippen molar-refractivity contribution in [2.45, 2.75) is 0 Å². The summed E-state index contributed by atoms with van der Waals surface area (Å²) in [5.74, 6) is -0.971. The van der Waals surface area contributed by atoms with Crippen LogP contribution in [0.1, 0.15) is 15.9 Å². The van der Waals surface area contributed by atoms with E-state index in [1.165, 1.54) is 6.07 Å². The van der Waals surface area contributed by atoms with E-state index in [0.29, 0.717) is 0 Å². The molecule has 1 heterocycles. The molecule has 2 rings (SSSR count). The third-order valence-corrected chi connectivity index (χ3v) is 2.32. The number of nitrogens with zero attached hydrogens (tertiary/aromatic N) is 3. The van der Waals surface area contributed by atoms with Gasteiger partial charge in [0.05, 0.1) is 10.5 Å². The third kappa shape index (κ3) is 1.56. The highest BCUT2D eigenvalue weighted by atomic mass is 16.6. The number of carbonyl (C=O) groups excluding carboxylic acids is 1. The topological polar surface area (TPSA) is 117 Å². The van der Waals surface area contributed by atoms with Gasteiger partial charge in [-0.2, -0.15) is 10.5 Å². The van der Waals surface area contributed by atoms with E-state index in [0.717, 1.165) is 12.1 Å². The Hall–Kier alpha value is -3.19. The van der Waals surface area contributed by atoms with Gasteiger partial charge < -0.3 is 4.74 Å². The summed E-state index contributed by atoms with van der Waals surface area (Å²) >= 11 is 0. The lowest BCUT2D eigenvalue weighted by atomic mass is 10.0. The number of nitro benzene ring substituents is 1. The molecule has 18 heavy (non-hydrogen) atoms. The quantitative estimate of drug-likeness (QED) is 0.318. The molecule has 0 bridgehead atoms. The van der Waals surface area contributed by atoms with E-state index in [2.05, 4.69) is 0 Å². The Labute approximate surface area is 100 Å². The van der Waals surface area contributed by atoms with Crippen LogP contribution in [-0.2, 0) is 4.74 Å². The number of hydrogen-bond acceptors (Lipinski definition) is 6. The monoisotopic (exact) mass is 241 g/mol. The Balaban J connectivity index is 2.72. The normalized spacial score (nSPS) is 12.1. The molecule has 1 aromatic carbocycles. The summed E-state index contributed by atoms with van der Waals surface area (Å²) in [6.45, 7) is 0. The maximum absolute atomic E-state index is 11.4. The summed E-state index contributed by atoms with van der Waals surface area (Å²) in [7, 11) is 0. The summed E-state index contributed by atoms with van der Waals surface area (Å²) in [6.07, 6.45) is 0. The van der Waals surface area contributed by atoms with Gasteiger partial charge in [0.1, 0.15) is 12.1 Å². The van der Waals surface area contributed by atoms with Crippen LogP contribution < -0.4 is 0 Å². The van der Waals surface area contributed by atoms with Crippen LogP contribution in [0.2, 0.25) is 0 Å². The van der Waals surface area contributed by atoms with Crippen LogP contribution in [0.15, 0.2) is 23.8 Å². The molecule has 0 N–H and O–H groups in total. The van der Waals surface area contributed by atoms with Gasteiger partial charge in [0.25, 0.3) is 5.69 Å². The standard InChI is InChI=1S/C11H3N3O4/c12-4-6(5-13)10-9-3-7(14(16)17)1-2-8(9)11(15)18-10/h1-3H. The van der Waals surface area contributed by atoms with E-state index in [4.69, 9.17) is 15.3 Å². The van der Waals surface area contributed by atoms with Gasteiger partial charge in [-0.1, -0.05) is 0 Å². The van der Waals surface area contributed by atoms with Gasteiger partial charge in [0, 0.05) is 17.7 Å². The molecular formula is C11H3N3O4. The lowest BCUT2D eigenvalue weighted by molar-refractivity contribution is -0.384. The van der Waals surface area contributed by atoms with Gasteiger partial charge in [-0.3, -0.25) is 10.1 Å². The van der Waals surface area contributed by atoms with E-state index in [9.17, 15) is 14.9 Å². The van der Waals surface area contributed by atoms with Crippen LogP contribution in [-0.4, -0.2) is 10.9 Å². The Bertz CT molecular complexity index is 675. The van der Waals surface area contributed by atoms with E-state index in [1.54, 1.807) is 12.1 Å². The van der Waals surface area contributed by atoms with Crippen molar-refractivity contribution in [1.29, 1.82) is 10.5 Å². The summed E-state index contributed by atoms with van der Waals surface area (Å²) < 4.78 is 4.78. The second kappa shape index (κ2) is 4.00. The molecule has 0 aromatic heterocycles. The van der Waals surface area contributed by atoms with Gasteiger partial charge >= 0.3 is 5.97 Å². The fraction of sp³-hybridized carbons (Fsp3) is 0. The molecule has 0 saturated heterocycles. The van der Waals surface area contributed by atoms with Gasteiger partial charge in [-0.05, 0) is 6.07 Å². The first kappa shape index (κ1) is 11.3. The molecule has 1 aromatic rings. The Morgan fingerprint density at radius 2 is 1.94 bits per heavy atom. The van der Waals surface area contributed by atoms with Crippen molar-refractivity contribution in [2.24, 2.45) is 0 Å². The van der Waals surface area contributed by atoms with Crippen molar-refractivity contribution < 1.29 is 14.5 Å². The van der Waals surface area contributed by atoms with Crippen molar-refractivity contribution in [3.63, 3.8) is 0 Å². The van der Waals surface area contributed by atoms with Gasteiger partial charge in [-0.15, -0.1) is 0 Å². The number of benzene rings is 1. The Morgan fingerprint density at radius 1 is 1.28 bits per heavy atom. The molecule has 1 aliphatic rings. The lowest BCUT2D eigenvalue weighted by Gasteiger charge is -1.97. The zero-order chi connectivity index (χ0) is 13.3. The zero-order valence-electron chi connectivity index (χ0n) is 8.71. The van der Waals surface area contributed by atoms with Crippen molar-refractivity contribution in [2.75, 3.05) is 0 Å². The molecule has 0 aliphatic carbocycles. The van der Waals surface area contributed by atoms with Crippen molar-refractivity contribution in [3.8, 4) is 12.1 Å². The fourth-order valence-corrected chi connectivity index (χ4v) is 1.53. The number of fused-ring (bicyclic) bond motifs is 1. The van der Waals surface area contributed by atoms with Gasteiger partial charge in [0.15, 0.2) is 11.3 Å². The maximum atomic E-state index is 11.4. The molecule has 7 heteroatoms. The highest BCUT2D eigenvalue weighted by molar-refractivity contribution is 6.04. The fourth-order valence-electron chi connectivity index (χ4n) is 1.53. The number of non-ortho nitro benzene ring substituents is 1. The molecule has 7 nitrogen and oxygen atoms in total. The highest BCUT2D eigenvalue weighted by Crippen LogP contribution is 2.34.